The highest BCUT2D eigenvalue weighted by atomic mass is 32.2. The Kier molecular flexibility index (Phi) is 7.76. The third-order valence-electron chi connectivity index (χ3n) is 3.45. The van der Waals surface area contributed by atoms with Gasteiger partial charge >= 0.3 is 11.9 Å². The van der Waals surface area contributed by atoms with Crippen molar-refractivity contribution in [2.24, 2.45) is 5.16 Å². The second-order valence-electron chi connectivity index (χ2n) is 5.73. The van der Waals surface area contributed by atoms with Crippen molar-refractivity contribution in [3.8, 4) is 5.75 Å². The van der Waals surface area contributed by atoms with Crippen LogP contribution >= 0.6 is 11.8 Å². The van der Waals surface area contributed by atoms with Gasteiger partial charge in [-0.1, -0.05) is 29.4 Å². The Balaban J connectivity index is 1.90. The molecule has 1 N–H and O–H groups in total. The van der Waals surface area contributed by atoms with E-state index >= 15 is 0 Å². The minimum atomic E-state index is -1.02. The first-order chi connectivity index (χ1) is 13.3. The van der Waals surface area contributed by atoms with Gasteiger partial charge in [-0.2, -0.15) is 0 Å². The van der Waals surface area contributed by atoms with Crippen molar-refractivity contribution in [2.75, 3.05) is 6.61 Å². The molecule has 146 valence electrons. The maximum absolute atomic E-state index is 12.2. The summed E-state index contributed by atoms with van der Waals surface area (Å²) in [4.78, 5) is 38.9. The van der Waals surface area contributed by atoms with Gasteiger partial charge in [0.2, 0.25) is 5.78 Å². The van der Waals surface area contributed by atoms with E-state index < -0.39 is 11.9 Å². The number of hydrogen-bond donors (Lipinski definition) is 1. The predicted molar refractivity (Wildman–Crippen MR) is 105 cm³/mol. The average Bonchev–Trinajstić information content (AvgIpc) is 2.69. The van der Waals surface area contributed by atoms with Gasteiger partial charge in [0.15, 0.2) is 6.61 Å². The van der Waals surface area contributed by atoms with Crippen LogP contribution in [0.25, 0.3) is 0 Å². The summed E-state index contributed by atoms with van der Waals surface area (Å²) >= 11 is 1.60. The summed E-state index contributed by atoms with van der Waals surface area (Å²) in [7, 11) is 0. The van der Waals surface area contributed by atoms with Crippen molar-refractivity contribution in [1.29, 1.82) is 0 Å². The third kappa shape index (κ3) is 6.88. The molecule has 0 atom stereocenters. The van der Waals surface area contributed by atoms with Crippen LogP contribution in [0.5, 0.6) is 5.75 Å². The van der Waals surface area contributed by atoms with Crippen molar-refractivity contribution in [3.05, 3.63) is 59.7 Å². The molecular formula is C20H19NO6S. The van der Waals surface area contributed by atoms with Crippen LogP contribution < -0.4 is 4.74 Å². The Morgan fingerprint density at radius 1 is 1.00 bits per heavy atom. The summed E-state index contributed by atoms with van der Waals surface area (Å²) in [6.45, 7) is 2.33. The number of carbonyl (C=O) groups excluding carboxylic acids is 2. The molecule has 7 nitrogen and oxygen atoms in total. The van der Waals surface area contributed by atoms with E-state index in [4.69, 9.17) is 9.84 Å². The topological polar surface area (TPSA) is 102 Å². The predicted octanol–water partition coefficient (Wildman–Crippen LogP) is 3.56. The number of carboxylic acid groups (broad SMARTS) is 1. The van der Waals surface area contributed by atoms with Crippen LogP contribution in [0.4, 0.5) is 0 Å². The minimum Gasteiger partial charge on any atom is -0.482 e. The number of ether oxygens (including phenoxy) is 1. The number of oxime groups is 1. The molecule has 2 rings (SSSR count). The summed E-state index contributed by atoms with van der Waals surface area (Å²) in [6.07, 6.45) is 0. The van der Waals surface area contributed by atoms with Gasteiger partial charge < -0.3 is 14.7 Å². The van der Waals surface area contributed by atoms with Gasteiger partial charge in [-0.3, -0.25) is 4.79 Å². The molecule has 0 bridgehead atoms. The number of thioether (sulfide) groups is 1. The van der Waals surface area contributed by atoms with Crippen LogP contribution in [0.15, 0.2) is 58.6 Å². The molecule has 0 saturated heterocycles. The molecule has 0 fully saturated rings. The molecule has 0 aliphatic carbocycles. The summed E-state index contributed by atoms with van der Waals surface area (Å²) in [5.74, 6) is -0.711. The first-order valence-corrected chi connectivity index (χ1v) is 9.27. The van der Waals surface area contributed by atoms with Crippen LogP contribution in [-0.2, 0) is 20.2 Å². The molecule has 0 unspecified atom stereocenters. The van der Waals surface area contributed by atoms with Crippen LogP contribution in [0.3, 0.4) is 0 Å². The number of hydrogen-bond acceptors (Lipinski definition) is 7. The van der Waals surface area contributed by atoms with E-state index in [-0.39, 0.29) is 18.1 Å². The Hall–Kier alpha value is -3.13. The number of benzene rings is 2. The van der Waals surface area contributed by atoms with Gasteiger partial charge in [-0.05, 0) is 36.8 Å². The third-order valence-corrected chi connectivity index (χ3v) is 4.53. The van der Waals surface area contributed by atoms with Gasteiger partial charge in [-0.25, -0.2) is 9.59 Å². The zero-order valence-corrected chi connectivity index (χ0v) is 16.2. The minimum absolute atomic E-state index is 0.0996. The highest BCUT2D eigenvalue weighted by Crippen LogP contribution is 2.25. The molecule has 2 aromatic carbocycles. The molecule has 0 aromatic heterocycles. The lowest BCUT2D eigenvalue weighted by Crippen LogP contribution is -2.11. The van der Waals surface area contributed by atoms with E-state index in [0.717, 1.165) is 10.5 Å². The molecule has 0 spiro atoms. The largest absolute Gasteiger partial charge is 0.482 e. The van der Waals surface area contributed by atoms with E-state index in [0.29, 0.717) is 17.1 Å². The average molecular weight is 401 g/mol. The standard InChI is InChI=1S/C20H19NO6S/c1-13(21-27-14(2)22)20(25)16-5-3-15(4-6-16)12-28-18-9-7-17(8-10-18)26-11-19(23)24/h3-10H,11-12H2,1-2H3,(H,23,24)/b21-13+. The van der Waals surface area contributed by atoms with Crippen molar-refractivity contribution in [1.82, 2.24) is 0 Å². The maximum atomic E-state index is 12.2. The summed E-state index contributed by atoms with van der Waals surface area (Å²) in [6, 6.07) is 14.3. The molecule has 0 heterocycles. The second kappa shape index (κ2) is 10.3. The summed E-state index contributed by atoms with van der Waals surface area (Å²) in [5.41, 5.74) is 1.59. The molecule has 8 heteroatoms. The fourth-order valence-electron chi connectivity index (χ4n) is 2.08. The molecule has 0 amide bonds. The Bertz CT molecular complexity index is 875. The smallest absolute Gasteiger partial charge is 0.341 e. The molecule has 0 radical (unpaired) electrons. The van der Waals surface area contributed by atoms with E-state index in [1.165, 1.54) is 13.8 Å². The van der Waals surface area contributed by atoms with Crippen LogP contribution in [0, 0.1) is 0 Å². The number of carboxylic acids is 1. The maximum Gasteiger partial charge on any atom is 0.341 e. The van der Waals surface area contributed by atoms with Crippen molar-refractivity contribution in [2.45, 2.75) is 24.5 Å². The molecule has 0 saturated carbocycles. The molecule has 0 aliphatic heterocycles. The lowest BCUT2D eigenvalue weighted by atomic mass is 10.1. The monoisotopic (exact) mass is 401 g/mol. The fourth-order valence-corrected chi connectivity index (χ4v) is 2.93. The van der Waals surface area contributed by atoms with E-state index in [2.05, 4.69) is 9.99 Å². The summed E-state index contributed by atoms with van der Waals surface area (Å²) < 4.78 is 5.09. The number of aliphatic carboxylic acids is 1. The lowest BCUT2D eigenvalue weighted by Gasteiger charge is -2.06. The van der Waals surface area contributed by atoms with E-state index in [1.54, 1.807) is 36.0 Å². The number of rotatable bonds is 9. The van der Waals surface area contributed by atoms with Crippen molar-refractivity contribution < 1.29 is 29.1 Å². The zero-order chi connectivity index (χ0) is 20.5. The van der Waals surface area contributed by atoms with Gasteiger partial charge in [0.25, 0.3) is 0 Å². The second-order valence-corrected chi connectivity index (χ2v) is 6.78. The first-order valence-electron chi connectivity index (χ1n) is 8.28. The Morgan fingerprint density at radius 2 is 1.64 bits per heavy atom. The zero-order valence-electron chi connectivity index (χ0n) is 15.4. The van der Waals surface area contributed by atoms with Crippen LogP contribution in [0.2, 0.25) is 0 Å². The number of ketones is 1. The number of nitrogens with zero attached hydrogens (tertiary/aromatic N) is 1. The van der Waals surface area contributed by atoms with Crippen molar-refractivity contribution >= 4 is 35.2 Å². The normalized spacial score (nSPS) is 11.0. The Labute approximate surface area is 166 Å². The molecule has 2 aromatic rings. The molecule has 28 heavy (non-hydrogen) atoms. The first kappa shape index (κ1) is 21.2. The lowest BCUT2D eigenvalue weighted by molar-refractivity contribution is -0.141. The Morgan fingerprint density at radius 3 is 2.21 bits per heavy atom. The number of carbonyl (C=O) groups is 3. The number of Topliss-reactive ketones (excluding diaryl/α,β-unsaturated/α-hetero) is 1. The molecular weight excluding hydrogens is 382 g/mol. The highest BCUT2D eigenvalue weighted by Gasteiger charge is 2.11. The van der Waals surface area contributed by atoms with Gasteiger partial charge in [-0.15, -0.1) is 11.8 Å². The summed E-state index contributed by atoms with van der Waals surface area (Å²) in [5, 5.41) is 12.1. The van der Waals surface area contributed by atoms with Gasteiger partial charge in [0.05, 0.1) is 0 Å². The van der Waals surface area contributed by atoms with Gasteiger partial charge in [0, 0.05) is 23.1 Å². The van der Waals surface area contributed by atoms with Crippen molar-refractivity contribution in [3.63, 3.8) is 0 Å². The molecule has 0 aliphatic rings. The van der Waals surface area contributed by atoms with Gasteiger partial charge in [0.1, 0.15) is 11.5 Å². The highest BCUT2D eigenvalue weighted by molar-refractivity contribution is 7.98. The van der Waals surface area contributed by atoms with E-state index in [9.17, 15) is 14.4 Å². The van der Waals surface area contributed by atoms with Crippen LogP contribution in [0.1, 0.15) is 29.8 Å². The quantitative estimate of drug-likeness (QED) is 0.225. The SMILES string of the molecule is CC(=O)O/N=C(\C)C(=O)c1ccc(CSc2ccc(OCC(=O)O)cc2)cc1. The fraction of sp³-hybridized carbons (Fsp3) is 0.200. The van der Waals surface area contributed by atoms with E-state index in [1.807, 2.05) is 24.3 Å². The van der Waals surface area contributed by atoms with Crippen LogP contribution in [-0.4, -0.2) is 35.1 Å².